The van der Waals surface area contributed by atoms with Crippen LogP contribution in [-0.4, -0.2) is 9.55 Å². The fourth-order valence-corrected chi connectivity index (χ4v) is 1.71. The van der Waals surface area contributed by atoms with Crippen LogP contribution in [0.4, 0.5) is 19.0 Å². The molecule has 2 rings (SSSR count). The van der Waals surface area contributed by atoms with Gasteiger partial charge in [-0.2, -0.15) is 13.2 Å². The first-order valence-electron chi connectivity index (χ1n) is 5.35. The summed E-state index contributed by atoms with van der Waals surface area (Å²) >= 11 is 0. The molecule has 0 bridgehead atoms. The summed E-state index contributed by atoms with van der Waals surface area (Å²) < 4.78 is 39.1. The smallest absolute Gasteiger partial charge is 0.384 e. The molecule has 0 spiro atoms. The summed E-state index contributed by atoms with van der Waals surface area (Å²) in [5.41, 5.74) is 4.22. The Labute approximate surface area is 106 Å². The van der Waals surface area contributed by atoms with E-state index in [1.165, 1.54) is 18.3 Å². The molecule has 4 nitrogen and oxygen atoms in total. The minimum atomic E-state index is -4.58. The number of anilines is 1. The van der Waals surface area contributed by atoms with Gasteiger partial charge in [-0.15, -0.1) is 0 Å². The summed E-state index contributed by atoms with van der Waals surface area (Å²) in [7, 11) is 0. The molecule has 19 heavy (non-hydrogen) atoms. The lowest BCUT2D eigenvalue weighted by Crippen LogP contribution is -2.27. The first-order valence-corrected chi connectivity index (χ1v) is 5.35. The Kier molecular flexibility index (Phi) is 3.28. The third kappa shape index (κ3) is 2.93. The normalized spacial score (nSPS) is 11.5. The van der Waals surface area contributed by atoms with Gasteiger partial charge in [-0.3, -0.25) is 9.36 Å². The Bertz CT molecular complexity index is 649. The minimum Gasteiger partial charge on any atom is -0.384 e. The molecule has 0 aliphatic carbocycles. The fraction of sp³-hybridized carbons (Fsp3) is 0.167. The molecule has 0 radical (unpaired) electrons. The summed E-state index contributed by atoms with van der Waals surface area (Å²) in [6.45, 7) is -0.207. The van der Waals surface area contributed by atoms with Crippen molar-refractivity contribution < 1.29 is 13.2 Å². The number of nitrogens with two attached hydrogens (primary N) is 1. The molecule has 2 aromatic rings. The Balaban J connectivity index is 2.48. The number of nitrogen functional groups attached to an aromatic ring is 1. The molecule has 0 atom stereocenters. The van der Waals surface area contributed by atoms with Gasteiger partial charge in [0, 0.05) is 12.3 Å². The highest BCUT2D eigenvalue weighted by molar-refractivity contribution is 5.32. The minimum absolute atomic E-state index is 0.190. The maximum absolute atomic E-state index is 12.8. The standard InChI is InChI=1S/C12H10F3N3O/c13-12(14,15)9-2-1-3-11(19)18(9)7-8-4-5-17-10(16)6-8/h1-6H,7H2,(H2,16,17). The van der Waals surface area contributed by atoms with E-state index in [1.807, 2.05) is 0 Å². The molecule has 0 aliphatic heterocycles. The number of pyridine rings is 2. The molecule has 0 unspecified atom stereocenters. The second-order valence-electron chi connectivity index (χ2n) is 3.92. The topological polar surface area (TPSA) is 60.9 Å². The maximum atomic E-state index is 12.8. The van der Waals surface area contributed by atoms with E-state index in [0.29, 0.717) is 10.1 Å². The highest BCUT2D eigenvalue weighted by atomic mass is 19.4. The third-order valence-corrected chi connectivity index (χ3v) is 2.53. The van der Waals surface area contributed by atoms with E-state index < -0.39 is 17.4 Å². The van der Waals surface area contributed by atoms with Crippen LogP contribution in [0.2, 0.25) is 0 Å². The fourth-order valence-electron chi connectivity index (χ4n) is 1.71. The van der Waals surface area contributed by atoms with E-state index in [9.17, 15) is 18.0 Å². The van der Waals surface area contributed by atoms with Gasteiger partial charge in [0.1, 0.15) is 11.5 Å². The van der Waals surface area contributed by atoms with E-state index in [1.54, 1.807) is 0 Å². The molecule has 2 heterocycles. The average molecular weight is 269 g/mol. The lowest BCUT2D eigenvalue weighted by molar-refractivity contribution is -0.144. The van der Waals surface area contributed by atoms with Crippen LogP contribution < -0.4 is 11.3 Å². The molecular weight excluding hydrogens is 259 g/mol. The highest BCUT2D eigenvalue weighted by Crippen LogP contribution is 2.28. The molecule has 7 heteroatoms. The van der Waals surface area contributed by atoms with Gasteiger partial charge in [-0.25, -0.2) is 4.98 Å². The average Bonchev–Trinajstić information content (AvgIpc) is 2.30. The zero-order valence-corrected chi connectivity index (χ0v) is 9.69. The maximum Gasteiger partial charge on any atom is 0.431 e. The van der Waals surface area contributed by atoms with Gasteiger partial charge in [-0.1, -0.05) is 6.07 Å². The predicted octanol–water partition coefficient (Wildman–Crippen LogP) is 1.89. The number of aromatic nitrogens is 2. The van der Waals surface area contributed by atoms with Crippen LogP contribution in [0.3, 0.4) is 0 Å². The van der Waals surface area contributed by atoms with Crippen LogP contribution >= 0.6 is 0 Å². The lowest BCUT2D eigenvalue weighted by Gasteiger charge is -2.15. The predicted molar refractivity (Wildman–Crippen MR) is 63.5 cm³/mol. The number of rotatable bonds is 2. The van der Waals surface area contributed by atoms with Crippen LogP contribution in [0.5, 0.6) is 0 Å². The zero-order valence-electron chi connectivity index (χ0n) is 9.69. The number of alkyl halides is 3. The van der Waals surface area contributed by atoms with Gasteiger partial charge >= 0.3 is 6.18 Å². The van der Waals surface area contributed by atoms with E-state index >= 15 is 0 Å². The van der Waals surface area contributed by atoms with Crippen LogP contribution in [0.15, 0.2) is 41.3 Å². The Morgan fingerprint density at radius 3 is 2.63 bits per heavy atom. The summed E-state index contributed by atoms with van der Waals surface area (Å²) in [4.78, 5) is 15.3. The molecule has 0 aliphatic rings. The number of halogens is 3. The molecule has 0 fully saturated rings. The molecule has 0 amide bonds. The van der Waals surface area contributed by atoms with Crippen LogP contribution in [-0.2, 0) is 12.7 Å². The Morgan fingerprint density at radius 1 is 1.26 bits per heavy atom. The molecule has 0 saturated carbocycles. The van der Waals surface area contributed by atoms with E-state index in [2.05, 4.69) is 4.98 Å². The monoisotopic (exact) mass is 269 g/mol. The first-order chi connectivity index (χ1) is 8.88. The molecule has 100 valence electrons. The SMILES string of the molecule is Nc1cc(Cn2c(C(F)(F)F)cccc2=O)ccn1. The second-order valence-corrected chi connectivity index (χ2v) is 3.92. The second kappa shape index (κ2) is 4.75. The van der Waals surface area contributed by atoms with Crippen molar-refractivity contribution in [2.24, 2.45) is 0 Å². The Morgan fingerprint density at radius 2 is 2.00 bits per heavy atom. The molecule has 0 saturated heterocycles. The van der Waals surface area contributed by atoms with Crippen molar-refractivity contribution in [1.82, 2.24) is 9.55 Å². The van der Waals surface area contributed by atoms with Crippen molar-refractivity contribution in [3.63, 3.8) is 0 Å². The number of hydrogen-bond acceptors (Lipinski definition) is 3. The highest BCUT2D eigenvalue weighted by Gasteiger charge is 2.34. The third-order valence-electron chi connectivity index (χ3n) is 2.53. The summed E-state index contributed by atoms with van der Waals surface area (Å²) in [6, 6.07) is 5.98. The van der Waals surface area contributed by atoms with E-state index in [4.69, 9.17) is 5.73 Å². The van der Waals surface area contributed by atoms with Crippen LogP contribution in [0.25, 0.3) is 0 Å². The molecular formula is C12H10F3N3O. The van der Waals surface area contributed by atoms with Crippen molar-refractivity contribution >= 4 is 5.82 Å². The van der Waals surface area contributed by atoms with Crippen molar-refractivity contribution in [2.75, 3.05) is 5.73 Å². The quantitative estimate of drug-likeness (QED) is 0.905. The van der Waals surface area contributed by atoms with Gasteiger partial charge in [0.05, 0.1) is 6.54 Å². The van der Waals surface area contributed by atoms with E-state index in [0.717, 1.165) is 18.2 Å². The van der Waals surface area contributed by atoms with Gasteiger partial charge < -0.3 is 5.73 Å². The van der Waals surface area contributed by atoms with Gasteiger partial charge in [0.15, 0.2) is 0 Å². The van der Waals surface area contributed by atoms with Crippen LogP contribution in [0.1, 0.15) is 11.3 Å². The van der Waals surface area contributed by atoms with Crippen LogP contribution in [0, 0.1) is 0 Å². The summed E-state index contributed by atoms with van der Waals surface area (Å²) in [5, 5.41) is 0. The number of nitrogens with zero attached hydrogens (tertiary/aromatic N) is 2. The molecule has 0 aromatic carbocycles. The Hall–Kier alpha value is -2.31. The summed E-state index contributed by atoms with van der Waals surface area (Å²) in [5.74, 6) is 0.190. The van der Waals surface area contributed by atoms with Gasteiger partial charge in [0.25, 0.3) is 5.56 Å². The van der Waals surface area contributed by atoms with Gasteiger partial charge in [-0.05, 0) is 23.8 Å². The first kappa shape index (κ1) is 13.1. The van der Waals surface area contributed by atoms with Crippen molar-refractivity contribution in [1.29, 1.82) is 0 Å². The van der Waals surface area contributed by atoms with Crippen molar-refractivity contribution in [3.05, 3.63) is 58.1 Å². The molecule has 2 aromatic heterocycles. The number of hydrogen-bond donors (Lipinski definition) is 1. The van der Waals surface area contributed by atoms with Gasteiger partial charge in [0.2, 0.25) is 0 Å². The largest absolute Gasteiger partial charge is 0.431 e. The van der Waals surface area contributed by atoms with Crippen molar-refractivity contribution in [3.8, 4) is 0 Å². The zero-order chi connectivity index (χ0) is 14.0. The van der Waals surface area contributed by atoms with E-state index in [-0.39, 0.29) is 12.4 Å². The summed E-state index contributed by atoms with van der Waals surface area (Å²) in [6.07, 6.45) is -3.20. The molecule has 2 N–H and O–H groups in total. The van der Waals surface area contributed by atoms with Crippen molar-refractivity contribution in [2.45, 2.75) is 12.7 Å². The lowest BCUT2D eigenvalue weighted by atomic mass is 10.2.